The fourth-order valence-electron chi connectivity index (χ4n) is 5.12. The molecule has 5 rings (SSSR count). The van der Waals surface area contributed by atoms with Crippen molar-refractivity contribution in [2.45, 2.75) is 56.0 Å². The normalized spacial score (nSPS) is 30.7. The van der Waals surface area contributed by atoms with Gasteiger partial charge in [-0.3, -0.25) is 9.59 Å². The minimum absolute atomic E-state index is 0.00452. The van der Waals surface area contributed by atoms with Crippen LogP contribution in [0.2, 0.25) is 0 Å². The molecular weight excluding hydrogens is 412 g/mol. The van der Waals surface area contributed by atoms with E-state index in [0.29, 0.717) is 24.5 Å². The zero-order chi connectivity index (χ0) is 22.2. The fraction of sp³-hybridized carbons (Fsp3) is 0.583. The topological polar surface area (TPSA) is 108 Å². The molecular formula is C24H30N2O6. The first-order valence-electron chi connectivity index (χ1n) is 11.5. The molecule has 32 heavy (non-hydrogen) atoms. The highest BCUT2D eigenvalue weighted by atomic mass is 16.5. The van der Waals surface area contributed by atoms with Gasteiger partial charge in [0.25, 0.3) is 0 Å². The molecule has 5 atom stereocenters. The van der Waals surface area contributed by atoms with Crippen molar-refractivity contribution >= 4 is 11.8 Å². The number of nitrogens with zero attached hydrogens (tertiary/aromatic N) is 1. The quantitative estimate of drug-likeness (QED) is 0.575. The molecule has 4 aliphatic rings. The average molecular weight is 443 g/mol. The van der Waals surface area contributed by atoms with Crippen LogP contribution in [0.1, 0.15) is 37.2 Å². The molecule has 8 nitrogen and oxygen atoms in total. The van der Waals surface area contributed by atoms with Gasteiger partial charge in [0, 0.05) is 36.8 Å². The summed E-state index contributed by atoms with van der Waals surface area (Å²) in [5.41, 5.74) is 1.31. The van der Waals surface area contributed by atoms with E-state index in [1.54, 1.807) is 11.0 Å². The van der Waals surface area contributed by atoms with Crippen LogP contribution in [0.25, 0.3) is 0 Å². The van der Waals surface area contributed by atoms with Crippen LogP contribution in [0.5, 0.6) is 5.75 Å². The molecule has 3 N–H and O–H groups in total. The molecule has 2 aliphatic heterocycles. The molecule has 1 aromatic carbocycles. The molecule has 172 valence electrons. The minimum atomic E-state index is -0.981. The molecule has 0 aromatic heterocycles. The number of ether oxygens (including phenoxy) is 2. The number of carbonyl (C=O) groups is 2. The van der Waals surface area contributed by atoms with Gasteiger partial charge in [0.15, 0.2) is 0 Å². The third-order valence-corrected chi connectivity index (χ3v) is 6.87. The van der Waals surface area contributed by atoms with Gasteiger partial charge in [-0.2, -0.15) is 0 Å². The molecule has 0 bridgehead atoms. The Hall–Kier alpha value is -2.42. The second kappa shape index (κ2) is 8.84. The average Bonchev–Trinajstić information content (AvgIpc) is 3.39. The van der Waals surface area contributed by atoms with Gasteiger partial charge in [-0.1, -0.05) is 18.2 Å². The van der Waals surface area contributed by atoms with Gasteiger partial charge in [-0.15, -0.1) is 0 Å². The van der Waals surface area contributed by atoms with Crippen LogP contribution in [0.15, 0.2) is 35.9 Å². The summed E-state index contributed by atoms with van der Waals surface area (Å²) in [6.45, 7) is 1.03. The standard InChI is InChI=1S/C24H30N2O6/c27-10-9-25-23(29)17-12-18(21(28)22-20(17)16-5-1-2-6-19(16)32-22)26(24(30)14-7-8-14)13-15-4-3-11-31-15/h1-2,5-6,12,14-15,18,20-22,27-28H,3-4,7-11,13H2,(H,25,29)/t15-,18+,20-,21-,22-/m0/s1. The summed E-state index contributed by atoms with van der Waals surface area (Å²) in [5, 5.41) is 23.3. The SMILES string of the molecule is O=C(NCCO)C1=C[C@@H](N(C[C@@H]2CCCO2)C(=O)C2CC2)[C@H](O)[C@H]2Oc3ccccc3[C@@H]12. The van der Waals surface area contributed by atoms with Crippen LogP contribution in [-0.4, -0.2) is 77.6 Å². The minimum Gasteiger partial charge on any atom is -0.486 e. The second-order valence-corrected chi connectivity index (χ2v) is 9.08. The highest BCUT2D eigenvalue weighted by Gasteiger charge is 2.51. The lowest BCUT2D eigenvalue weighted by atomic mass is 9.77. The Balaban J connectivity index is 1.51. The number of carbonyl (C=O) groups excluding carboxylic acids is 2. The van der Waals surface area contributed by atoms with E-state index in [0.717, 1.165) is 31.2 Å². The summed E-state index contributed by atoms with van der Waals surface area (Å²) >= 11 is 0. The van der Waals surface area contributed by atoms with E-state index in [2.05, 4.69) is 5.32 Å². The number of nitrogens with one attached hydrogen (secondary N) is 1. The second-order valence-electron chi connectivity index (χ2n) is 9.08. The summed E-state index contributed by atoms with van der Waals surface area (Å²) in [6.07, 6.45) is 3.55. The highest BCUT2D eigenvalue weighted by molar-refractivity contribution is 5.96. The van der Waals surface area contributed by atoms with Crippen molar-refractivity contribution in [2.75, 3.05) is 26.3 Å². The Morgan fingerprint density at radius 1 is 1.19 bits per heavy atom. The maximum absolute atomic E-state index is 13.3. The molecule has 2 heterocycles. The summed E-state index contributed by atoms with van der Waals surface area (Å²) in [5.74, 6) is -0.130. The van der Waals surface area contributed by atoms with E-state index >= 15 is 0 Å². The third kappa shape index (κ3) is 3.91. The van der Waals surface area contributed by atoms with Crippen LogP contribution in [0.3, 0.4) is 0 Å². The van der Waals surface area contributed by atoms with Crippen molar-refractivity contribution < 1.29 is 29.3 Å². The van der Waals surface area contributed by atoms with Crippen molar-refractivity contribution in [3.05, 3.63) is 41.5 Å². The Morgan fingerprint density at radius 2 is 2.00 bits per heavy atom. The molecule has 0 unspecified atom stereocenters. The van der Waals surface area contributed by atoms with E-state index in [1.807, 2.05) is 24.3 Å². The van der Waals surface area contributed by atoms with Gasteiger partial charge < -0.3 is 29.9 Å². The van der Waals surface area contributed by atoms with Crippen molar-refractivity contribution in [1.29, 1.82) is 0 Å². The van der Waals surface area contributed by atoms with Crippen molar-refractivity contribution in [3.63, 3.8) is 0 Å². The van der Waals surface area contributed by atoms with Gasteiger partial charge in [-0.25, -0.2) is 0 Å². The summed E-state index contributed by atoms with van der Waals surface area (Å²) in [6, 6.07) is 6.79. The first kappa shape index (κ1) is 21.4. The molecule has 1 saturated carbocycles. The Labute approximate surface area is 187 Å². The van der Waals surface area contributed by atoms with Crippen LogP contribution in [0.4, 0.5) is 0 Å². The number of rotatable bonds is 7. The van der Waals surface area contributed by atoms with Crippen molar-refractivity contribution in [1.82, 2.24) is 10.2 Å². The maximum Gasteiger partial charge on any atom is 0.247 e. The van der Waals surface area contributed by atoms with Crippen molar-refractivity contribution in [2.24, 2.45) is 5.92 Å². The largest absolute Gasteiger partial charge is 0.486 e. The molecule has 0 spiro atoms. The first-order chi connectivity index (χ1) is 15.6. The van der Waals surface area contributed by atoms with Gasteiger partial charge in [0.1, 0.15) is 18.0 Å². The summed E-state index contributed by atoms with van der Waals surface area (Å²) < 4.78 is 11.9. The lowest BCUT2D eigenvalue weighted by molar-refractivity contribution is -0.140. The van der Waals surface area contributed by atoms with Crippen LogP contribution in [0, 0.1) is 5.92 Å². The monoisotopic (exact) mass is 442 g/mol. The van der Waals surface area contributed by atoms with Gasteiger partial charge in [-0.05, 0) is 37.8 Å². The molecule has 1 saturated heterocycles. The molecule has 2 aliphatic carbocycles. The number of hydrogen-bond acceptors (Lipinski definition) is 6. The number of amides is 2. The smallest absolute Gasteiger partial charge is 0.247 e. The lowest BCUT2D eigenvalue weighted by Gasteiger charge is -2.41. The fourth-order valence-corrected chi connectivity index (χ4v) is 5.12. The lowest BCUT2D eigenvalue weighted by Crippen LogP contribution is -2.57. The first-order valence-corrected chi connectivity index (χ1v) is 11.5. The third-order valence-electron chi connectivity index (χ3n) is 6.87. The zero-order valence-corrected chi connectivity index (χ0v) is 18.0. The number of para-hydroxylation sites is 1. The molecule has 8 heteroatoms. The van der Waals surface area contributed by atoms with Gasteiger partial charge in [0.2, 0.25) is 11.8 Å². The number of aliphatic hydroxyl groups is 2. The van der Waals surface area contributed by atoms with E-state index < -0.39 is 24.2 Å². The Bertz CT molecular complexity index is 908. The summed E-state index contributed by atoms with van der Waals surface area (Å²) in [7, 11) is 0. The predicted molar refractivity (Wildman–Crippen MR) is 115 cm³/mol. The van der Waals surface area contributed by atoms with Crippen molar-refractivity contribution in [3.8, 4) is 5.75 Å². The van der Waals surface area contributed by atoms with E-state index in [1.165, 1.54) is 0 Å². The van der Waals surface area contributed by atoms with Gasteiger partial charge in [0.05, 0.1) is 24.7 Å². The van der Waals surface area contributed by atoms with Crippen LogP contribution < -0.4 is 10.1 Å². The molecule has 0 radical (unpaired) electrons. The number of hydrogen-bond donors (Lipinski definition) is 3. The summed E-state index contributed by atoms with van der Waals surface area (Å²) in [4.78, 5) is 28.1. The number of aliphatic hydroxyl groups excluding tert-OH is 2. The van der Waals surface area contributed by atoms with E-state index in [4.69, 9.17) is 9.47 Å². The Kier molecular flexibility index (Phi) is 5.92. The van der Waals surface area contributed by atoms with Crippen LogP contribution in [-0.2, 0) is 14.3 Å². The maximum atomic E-state index is 13.3. The van der Waals surface area contributed by atoms with Crippen LogP contribution >= 0.6 is 0 Å². The Morgan fingerprint density at radius 3 is 2.72 bits per heavy atom. The molecule has 2 amide bonds. The van der Waals surface area contributed by atoms with E-state index in [-0.39, 0.29) is 37.0 Å². The number of benzene rings is 1. The predicted octanol–water partition coefficient (Wildman–Crippen LogP) is 0.727. The highest BCUT2D eigenvalue weighted by Crippen LogP contribution is 2.47. The number of fused-ring (bicyclic) bond motifs is 3. The van der Waals surface area contributed by atoms with E-state index in [9.17, 15) is 19.8 Å². The molecule has 2 fully saturated rings. The molecule has 1 aromatic rings. The van der Waals surface area contributed by atoms with Gasteiger partial charge >= 0.3 is 0 Å². The zero-order valence-electron chi connectivity index (χ0n) is 18.0.